The number of aryl methyl sites for hydroxylation is 1. The Labute approximate surface area is 166 Å². The van der Waals surface area contributed by atoms with Gasteiger partial charge in [0.15, 0.2) is 5.16 Å². The molecule has 4 N–H and O–H groups in total. The van der Waals surface area contributed by atoms with Crippen LogP contribution >= 0.6 is 11.8 Å². The van der Waals surface area contributed by atoms with Crippen molar-refractivity contribution >= 4 is 35.4 Å². The first-order chi connectivity index (χ1) is 13.3. The number of nitrogens with one attached hydrogen (secondary N) is 2. The van der Waals surface area contributed by atoms with Gasteiger partial charge in [0.2, 0.25) is 0 Å². The lowest BCUT2D eigenvalue weighted by molar-refractivity contribution is -0.121. The van der Waals surface area contributed by atoms with Gasteiger partial charge in [-0.2, -0.15) is 0 Å². The third kappa shape index (κ3) is 5.68. The summed E-state index contributed by atoms with van der Waals surface area (Å²) in [6, 6.07) is 6.93. The summed E-state index contributed by atoms with van der Waals surface area (Å²) in [4.78, 5) is 43.9. The third-order valence-corrected chi connectivity index (χ3v) is 4.53. The van der Waals surface area contributed by atoms with E-state index in [1.807, 2.05) is 6.92 Å². The Bertz CT molecular complexity index is 873. The molecule has 1 aromatic carbocycles. The number of hydrogen-bond donors (Lipinski definition) is 3. The summed E-state index contributed by atoms with van der Waals surface area (Å²) in [5, 5.41) is -0.399. The molecule has 0 saturated heterocycles. The number of hydrogen-bond acceptors (Lipinski definition) is 8. The number of hydrazine groups is 1. The van der Waals surface area contributed by atoms with E-state index in [1.54, 1.807) is 38.1 Å². The predicted octanol–water partition coefficient (Wildman–Crippen LogP) is 1.49. The summed E-state index contributed by atoms with van der Waals surface area (Å²) in [5.74, 6) is -1.51. The Morgan fingerprint density at radius 3 is 2.50 bits per heavy atom. The monoisotopic (exact) mass is 403 g/mol. The van der Waals surface area contributed by atoms with Crippen molar-refractivity contribution in [2.45, 2.75) is 31.2 Å². The highest BCUT2D eigenvalue weighted by Gasteiger charge is 2.19. The number of ether oxygens (including phenoxy) is 1. The summed E-state index contributed by atoms with van der Waals surface area (Å²) in [6.07, 6.45) is 1.26. The van der Waals surface area contributed by atoms with E-state index in [0.29, 0.717) is 5.56 Å². The molecule has 1 atom stereocenters. The van der Waals surface area contributed by atoms with Crippen LogP contribution in [-0.2, 0) is 9.53 Å². The van der Waals surface area contributed by atoms with Crippen molar-refractivity contribution < 1.29 is 19.1 Å². The van der Waals surface area contributed by atoms with Crippen LogP contribution in [0, 0.1) is 6.92 Å². The average Bonchev–Trinajstić information content (AvgIpc) is 2.66. The van der Waals surface area contributed by atoms with Gasteiger partial charge in [-0.15, -0.1) is 0 Å². The minimum absolute atomic E-state index is 0.0313. The first kappa shape index (κ1) is 21.2. The fourth-order valence-corrected chi connectivity index (χ4v) is 2.76. The SMILES string of the molecule is CCOC(=O)c1cnc(S[C@H](C)C(=O)NNC(=O)c2ccc(C)cc2)nc1N. The molecule has 0 fully saturated rings. The van der Waals surface area contributed by atoms with Crippen LogP contribution in [0.3, 0.4) is 0 Å². The molecule has 0 unspecified atom stereocenters. The number of thioether (sulfide) groups is 1. The molecule has 0 bridgehead atoms. The molecule has 0 radical (unpaired) electrons. The molecule has 148 valence electrons. The average molecular weight is 403 g/mol. The van der Waals surface area contributed by atoms with E-state index in [0.717, 1.165) is 17.3 Å². The minimum atomic E-state index is -0.619. The van der Waals surface area contributed by atoms with Crippen LogP contribution in [-0.4, -0.2) is 39.6 Å². The Morgan fingerprint density at radius 1 is 1.21 bits per heavy atom. The molecule has 9 nitrogen and oxygen atoms in total. The largest absolute Gasteiger partial charge is 0.462 e. The molecule has 0 aliphatic rings. The second kappa shape index (κ2) is 9.70. The number of benzene rings is 1. The standard InChI is InChI=1S/C18H21N5O4S/c1-4-27-17(26)13-9-20-18(21-14(13)19)28-11(3)15(24)22-23-16(25)12-7-5-10(2)6-8-12/h5-9,11H,4H2,1-3H3,(H,22,24)(H,23,25)(H2,19,20,21)/t11-/m1/s1. The molecule has 1 aromatic heterocycles. The third-order valence-electron chi connectivity index (χ3n) is 3.56. The molecule has 0 spiro atoms. The van der Waals surface area contributed by atoms with Gasteiger partial charge in [-0.3, -0.25) is 20.4 Å². The van der Waals surface area contributed by atoms with E-state index in [-0.39, 0.29) is 23.1 Å². The van der Waals surface area contributed by atoms with E-state index >= 15 is 0 Å². The van der Waals surface area contributed by atoms with E-state index in [9.17, 15) is 14.4 Å². The van der Waals surface area contributed by atoms with E-state index in [2.05, 4.69) is 20.8 Å². The number of carbonyl (C=O) groups is 3. The van der Waals surface area contributed by atoms with Gasteiger partial charge < -0.3 is 10.5 Å². The fourth-order valence-electron chi connectivity index (χ4n) is 2.01. The van der Waals surface area contributed by atoms with Crippen molar-refractivity contribution in [2.75, 3.05) is 12.3 Å². The summed E-state index contributed by atoms with van der Waals surface area (Å²) < 4.78 is 4.86. The van der Waals surface area contributed by atoms with Crippen LogP contribution < -0.4 is 16.6 Å². The topological polar surface area (TPSA) is 136 Å². The van der Waals surface area contributed by atoms with Gasteiger partial charge in [-0.1, -0.05) is 29.5 Å². The van der Waals surface area contributed by atoms with Crippen LogP contribution in [0.15, 0.2) is 35.6 Å². The zero-order valence-electron chi connectivity index (χ0n) is 15.7. The highest BCUT2D eigenvalue weighted by molar-refractivity contribution is 8.00. The van der Waals surface area contributed by atoms with E-state index in [4.69, 9.17) is 10.5 Å². The summed E-state index contributed by atoms with van der Waals surface area (Å²) in [5.41, 5.74) is 12.0. The Morgan fingerprint density at radius 2 is 1.89 bits per heavy atom. The second-order valence-electron chi connectivity index (χ2n) is 5.74. The zero-order chi connectivity index (χ0) is 20.7. The number of nitrogens with two attached hydrogens (primary N) is 1. The number of aromatic nitrogens is 2. The molecule has 2 aromatic rings. The van der Waals surface area contributed by atoms with E-state index in [1.165, 1.54) is 6.20 Å². The van der Waals surface area contributed by atoms with E-state index < -0.39 is 23.0 Å². The molecule has 1 heterocycles. The molecule has 0 saturated carbocycles. The molecule has 28 heavy (non-hydrogen) atoms. The van der Waals surface area contributed by atoms with Gasteiger partial charge >= 0.3 is 5.97 Å². The number of rotatable bonds is 6. The molecule has 0 aliphatic heterocycles. The van der Waals surface area contributed by atoms with Crippen molar-refractivity contribution in [1.29, 1.82) is 0 Å². The highest BCUT2D eigenvalue weighted by atomic mass is 32.2. The number of esters is 1. The zero-order valence-corrected chi connectivity index (χ0v) is 16.5. The number of anilines is 1. The Balaban J connectivity index is 1.91. The van der Waals surface area contributed by atoms with Gasteiger partial charge in [0.05, 0.1) is 11.9 Å². The lowest BCUT2D eigenvalue weighted by atomic mass is 10.1. The maximum absolute atomic E-state index is 12.2. The predicted molar refractivity (Wildman–Crippen MR) is 105 cm³/mol. The maximum Gasteiger partial charge on any atom is 0.343 e. The Kier molecular flexibility index (Phi) is 7.33. The van der Waals surface area contributed by atoms with Gasteiger partial charge in [-0.05, 0) is 32.9 Å². The quantitative estimate of drug-likeness (QED) is 0.286. The molecule has 0 aliphatic carbocycles. The van der Waals surface area contributed by atoms with Gasteiger partial charge in [-0.25, -0.2) is 14.8 Å². The Hall–Kier alpha value is -3.14. The minimum Gasteiger partial charge on any atom is -0.462 e. The lowest BCUT2D eigenvalue weighted by Crippen LogP contribution is -2.44. The van der Waals surface area contributed by atoms with Crippen molar-refractivity contribution in [1.82, 2.24) is 20.8 Å². The number of carbonyl (C=O) groups excluding carboxylic acids is 3. The van der Waals surface area contributed by atoms with Gasteiger partial charge in [0.25, 0.3) is 11.8 Å². The number of nitrogen functional groups attached to an aromatic ring is 1. The lowest BCUT2D eigenvalue weighted by Gasteiger charge is -2.12. The molecule has 10 heteroatoms. The number of amides is 2. The summed E-state index contributed by atoms with van der Waals surface area (Å²) >= 11 is 1.03. The summed E-state index contributed by atoms with van der Waals surface area (Å²) in [7, 11) is 0. The molecular formula is C18H21N5O4S. The normalized spacial score (nSPS) is 11.4. The smallest absolute Gasteiger partial charge is 0.343 e. The van der Waals surface area contributed by atoms with Crippen LogP contribution in [0.4, 0.5) is 5.82 Å². The van der Waals surface area contributed by atoms with Crippen molar-refractivity contribution in [3.05, 3.63) is 47.2 Å². The highest BCUT2D eigenvalue weighted by Crippen LogP contribution is 2.21. The molecule has 2 rings (SSSR count). The maximum atomic E-state index is 12.2. The van der Waals surface area contributed by atoms with Crippen LogP contribution in [0.1, 0.15) is 40.1 Å². The number of nitrogens with zero attached hydrogens (tertiary/aromatic N) is 2. The second-order valence-corrected chi connectivity index (χ2v) is 7.05. The summed E-state index contributed by atoms with van der Waals surface area (Å²) in [6.45, 7) is 5.42. The molecular weight excluding hydrogens is 382 g/mol. The van der Waals surface area contributed by atoms with Crippen molar-refractivity contribution in [3.8, 4) is 0 Å². The van der Waals surface area contributed by atoms with Crippen molar-refractivity contribution in [2.24, 2.45) is 0 Å². The van der Waals surface area contributed by atoms with Gasteiger partial charge in [0, 0.05) is 11.8 Å². The fraction of sp³-hybridized carbons (Fsp3) is 0.278. The molecule has 2 amide bonds. The van der Waals surface area contributed by atoms with Crippen LogP contribution in [0.5, 0.6) is 0 Å². The van der Waals surface area contributed by atoms with Crippen molar-refractivity contribution in [3.63, 3.8) is 0 Å². The first-order valence-electron chi connectivity index (χ1n) is 8.45. The van der Waals surface area contributed by atoms with Crippen LogP contribution in [0.2, 0.25) is 0 Å². The van der Waals surface area contributed by atoms with Gasteiger partial charge in [0.1, 0.15) is 11.4 Å². The van der Waals surface area contributed by atoms with Crippen LogP contribution in [0.25, 0.3) is 0 Å². The first-order valence-corrected chi connectivity index (χ1v) is 9.33.